The van der Waals surface area contributed by atoms with E-state index in [-0.39, 0.29) is 5.91 Å². The van der Waals surface area contributed by atoms with Crippen LogP contribution in [0.1, 0.15) is 55.5 Å². The number of aryl methyl sites for hydroxylation is 1. The maximum Gasteiger partial charge on any atom is 0.226 e. The Bertz CT molecular complexity index is 664. The zero-order valence-corrected chi connectivity index (χ0v) is 16.8. The molecular formula is C19H27N3OS2. The van der Waals surface area contributed by atoms with Gasteiger partial charge in [-0.2, -0.15) is 17.0 Å². The van der Waals surface area contributed by atoms with Gasteiger partial charge >= 0.3 is 0 Å². The van der Waals surface area contributed by atoms with E-state index < -0.39 is 0 Å². The third-order valence-corrected chi connectivity index (χ3v) is 7.97. The first-order valence-corrected chi connectivity index (χ1v) is 11.2. The molecule has 1 aromatic rings. The molecule has 136 valence electrons. The van der Waals surface area contributed by atoms with Crippen molar-refractivity contribution in [3.8, 4) is 6.07 Å². The van der Waals surface area contributed by atoms with Crippen LogP contribution in [0.3, 0.4) is 0 Å². The van der Waals surface area contributed by atoms with Crippen molar-refractivity contribution in [1.82, 2.24) is 4.90 Å². The van der Waals surface area contributed by atoms with Crippen molar-refractivity contribution in [1.29, 1.82) is 5.26 Å². The van der Waals surface area contributed by atoms with Crippen molar-refractivity contribution >= 4 is 34.0 Å². The summed E-state index contributed by atoms with van der Waals surface area (Å²) >= 11 is 3.63. The van der Waals surface area contributed by atoms with E-state index in [0.717, 1.165) is 43.1 Å². The molecule has 0 aromatic carbocycles. The van der Waals surface area contributed by atoms with Gasteiger partial charge in [0.2, 0.25) is 5.91 Å². The second-order valence-corrected chi connectivity index (χ2v) is 9.62. The molecule has 6 heteroatoms. The highest BCUT2D eigenvalue weighted by Crippen LogP contribution is 2.37. The van der Waals surface area contributed by atoms with Gasteiger partial charge in [0.15, 0.2) is 0 Å². The maximum atomic E-state index is 12.4. The lowest BCUT2D eigenvalue weighted by atomic mass is 10.1. The molecule has 0 radical (unpaired) electrons. The fraction of sp³-hybridized carbons (Fsp3) is 0.684. The van der Waals surface area contributed by atoms with E-state index in [4.69, 9.17) is 0 Å². The molecule has 0 bridgehead atoms. The number of carbonyl (C=O) groups excluding carboxylic acids is 1. The average molecular weight is 378 g/mol. The SMILES string of the molecule is CC1SCCN(CCC(=O)Nc2sc3c(c2C#N)CCCCC3)C1C. The largest absolute Gasteiger partial charge is 0.317 e. The van der Waals surface area contributed by atoms with Gasteiger partial charge in [0.1, 0.15) is 11.1 Å². The van der Waals surface area contributed by atoms with Gasteiger partial charge < -0.3 is 5.32 Å². The molecule has 1 amide bonds. The quantitative estimate of drug-likeness (QED) is 0.805. The molecular weight excluding hydrogens is 350 g/mol. The number of thioether (sulfide) groups is 1. The minimum atomic E-state index is 0.0333. The number of carbonyl (C=O) groups is 1. The first-order chi connectivity index (χ1) is 12.1. The Hall–Kier alpha value is -1.03. The Balaban J connectivity index is 1.61. The van der Waals surface area contributed by atoms with Gasteiger partial charge in [0.05, 0.1) is 5.56 Å². The van der Waals surface area contributed by atoms with Gasteiger partial charge in [0, 0.05) is 41.4 Å². The Kier molecular flexibility index (Phi) is 6.43. The number of hydrogen-bond acceptors (Lipinski definition) is 5. The molecule has 3 rings (SSSR count). The first-order valence-electron chi connectivity index (χ1n) is 9.30. The van der Waals surface area contributed by atoms with Gasteiger partial charge in [-0.3, -0.25) is 9.69 Å². The predicted molar refractivity (Wildman–Crippen MR) is 106 cm³/mol. The standard InChI is InChI=1S/C19H27N3OS2/c1-13-14(2)24-11-10-22(13)9-8-18(23)21-19-16(12-20)15-6-4-3-5-7-17(15)25-19/h13-14H,3-11H2,1-2H3,(H,21,23). The highest BCUT2D eigenvalue weighted by molar-refractivity contribution is 8.00. The van der Waals surface area contributed by atoms with E-state index in [0.29, 0.717) is 23.3 Å². The van der Waals surface area contributed by atoms with Crippen molar-refractivity contribution < 1.29 is 4.79 Å². The molecule has 1 N–H and O–H groups in total. The van der Waals surface area contributed by atoms with Crippen molar-refractivity contribution in [2.75, 3.05) is 24.2 Å². The van der Waals surface area contributed by atoms with Crippen LogP contribution in [-0.2, 0) is 17.6 Å². The Labute approximate surface area is 159 Å². The average Bonchev–Trinajstić information content (AvgIpc) is 2.76. The lowest BCUT2D eigenvalue weighted by molar-refractivity contribution is -0.116. The van der Waals surface area contributed by atoms with E-state index in [1.54, 1.807) is 11.3 Å². The van der Waals surface area contributed by atoms with Crippen LogP contribution in [0.15, 0.2) is 0 Å². The topological polar surface area (TPSA) is 56.1 Å². The van der Waals surface area contributed by atoms with E-state index in [2.05, 4.69) is 30.1 Å². The molecule has 1 aliphatic heterocycles. The summed E-state index contributed by atoms with van der Waals surface area (Å²) in [5, 5.41) is 14.0. The molecule has 0 saturated carbocycles. The van der Waals surface area contributed by atoms with Crippen molar-refractivity contribution in [2.45, 2.75) is 63.7 Å². The smallest absolute Gasteiger partial charge is 0.226 e. The number of thiophene rings is 1. The highest BCUT2D eigenvalue weighted by Gasteiger charge is 2.26. The molecule has 1 fully saturated rings. The molecule has 2 unspecified atom stereocenters. The fourth-order valence-corrected chi connectivity index (χ4v) is 6.11. The summed E-state index contributed by atoms with van der Waals surface area (Å²) in [6.45, 7) is 6.36. The van der Waals surface area contributed by atoms with Crippen LogP contribution < -0.4 is 5.32 Å². The molecule has 4 nitrogen and oxygen atoms in total. The van der Waals surface area contributed by atoms with E-state index in [1.165, 1.54) is 23.3 Å². The number of nitrogens with zero attached hydrogens (tertiary/aromatic N) is 2. The summed E-state index contributed by atoms with van der Waals surface area (Å²) in [6, 6.07) is 2.85. The van der Waals surface area contributed by atoms with Gasteiger partial charge in [-0.15, -0.1) is 11.3 Å². The van der Waals surface area contributed by atoms with Crippen LogP contribution in [-0.4, -0.2) is 40.9 Å². The summed E-state index contributed by atoms with van der Waals surface area (Å²) in [4.78, 5) is 16.2. The summed E-state index contributed by atoms with van der Waals surface area (Å²) < 4.78 is 0. The van der Waals surface area contributed by atoms with Crippen LogP contribution >= 0.6 is 23.1 Å². The van der Waals surface area contributed by atoms with Crippen LogP contribution in [0.2, 0.25) is 0 Å². The normalized spacial score (nSPS) is 24.2. The van der Waals surface area contributed by atoms with Crippen LogP contribution in [0.5, 0.6) is 0 Å². The zero-order valence-electron chi connectivity index (χ0n) is 15.1. The van der Waals surface area contributed by atoms with Crippen LogP contribution in [0.4, 0.5) is 5.00 Å². The fourth-order valence-electron chi connectivity index (χ4n) is 3.69. The molecule has 1 saturated heterocycles. The monoisotopic (exact) mass is 377 g/mol. The zero-order chi connectivity index (χ0) is 17.8. The highest BCUT2D eigenvalue weighted by atomic mass is 32.2. The Morgan fingerprint density at radius 2 is 2.12 bits per heavy atom. The van der Waals surface area contributed by atoms with Crippen molar-refractivity contribution in [3.63, 3.8) is 0 Å². The number of amides is 1. The summed E-state index contributed by atoms with van der Waals surface area (Å²) in [5.41, 5.74) is 1.91. The van der Waals surface area contributed by atoms with Gasteiger partial charge in [-0.25, -0.2) is 0 Å². The van der Waals surface area contributed by atoms with Crippen molar-refractivity contribution in [2.24, 2.45) is 0 Å². The van der Waals surface area contributed by atoms with Crippen molar-refractivity contribution in [3.05, 3.63) is 16.0 Å². The molecule has 25 heavy (non-hydrogen) atoms. The third kappa shape index (κ3) is 4.39. The number of fused-ring (bicyclic) bond motifs is 1. The second kappa shape index (κ2) is 8.57. The minimum absolute atomic E-state index is 0.0333. The Morgan fingerprint density at radius 3 is 2.92 bits per heavy atom. The van der Waals surface area contributed by atoms with Crippen LogP contribution in [0, 0.1) is 11.3 Å². The lowest BCUT2D eigenvalue weighted by Crippen LogP contribution is -2.45. The minimum Gasteiger partial charge on any atom is -0.317 e. The summed E-state index contributed by atoms with van der Waals surface area (Å²) in [5.74, 6) is 1.18. The van der Waals surface area contributed by atoms with E-state index in [1.807, 2.05) is 11.8 Å². The summed E-state index contributed by atoms with van der Waals surface area (Å²) in [6.07, 6.45) is 6.09. The number of rotatable bonds is 4. The van der Waals surface area contributed by atoms with Gasteiger partial charge in [-0.05, 0) is 38.2 Å². The maximum absolute atomic E-state index is 12.4. The Morgan fingerprint density at radius 1 is 1.32 bits per heavy atom. The number of anilines is 1. The summed E-state index contributed by atoms with van der Waals surface area (Å²) in [7, 11) is 0. The predicted octanol–water partition coefficient (Wildman–Crippen LogP) is 4.04. The molecule has 1 aliphatic carbocycles. The third-order valence-electron chi connectivity index (χ3n) is 5.43. The first kappa shape index (κ1) is 18.8. The van der Waals surface area contributed by atoms with Gasteiger partial charge in [-0.1, -0.05) is 13.3 Å². The lowest BCUT2D eigenvalue weighted by Gasteiger charge is -2.37. The van der Waals surface area contributed by atoms with E-state index >= 15 is 0 Å². The van der Waals surface area contributed by atoms with E-state index in [9.17, 15) is 10.1 Å². The number of nitrogens with one attached hydrogen (secondary N) is 1. The molecule has 2 aliphatic rings. The molecule has 2 atom stereocenters. The van der Waals surface area contributed by atoms with Gasteiger partial charge in [0.25, 0.3) is 0 Å². The molecule has 1 aromatic heterocycles. The second-order valence-electron chi connectivity index (χ2n) is 7.03. The number of nitriles is 1. The van der Waals surface area contributed by atoms with Crippen LogP contribution in [0.25, 0.3) is 0 Å². The molecule has 0 spiro atoms. The molecule has 2 heterocycles. The number of hydrogen-bond donors (Lipinski definition) is 1.